The molecule has 2 aromatic heterocycles. The van der Waals surface area contributed by atoms with E-state index in [-0.39, 0.29) is 17.8 Å². The van der Waals surface area contributed by atoms with Gasteiger partial charge in [-0.1, -0.05) is 32.0 Å². The summed E-state index contributed by atoms with van der Waals surface area (Å²) in [6.07, 6.45) is 3.30. The Balaban J connectivity index is 1.97. The molecule has 1 aliphatic carbocycles. The SMILES string of the molecule is CCC(C(N)=O)n1c(Cc2ccccc2F)nc2sc3c(c2c1=O)CCC(C)C3. The zero-order valence-corrected chi connectivity index (χ0v) is 17.4. The monoisotopic (exact) mass is 413 g/mol. The lowest BCUT2D eigenvalue weighted by molar-refractivity contribution is -0.121. The number of hydrogen-bond acceptors (Lipinski definition) is 4. The highest BCUT2D eigenvalue weighted by atomic mass is 32.1. The molecule has 1 aromatic carbocycles. The number of benzene rings is 1. The quantitative estimate of drug-likeness (QED) is 0.692. The lowest BCUT2D eigenvalue weighted by atomic mass is 9.89. The number of primary amides is 1. The van der Waals surface area contributed by atoms with Crippen molar-refractivity contribution in [3.63, 3.8) is 0 Å². The van der Waals surface area contributed by atoms with Gasteiger partial charge in [0.1, 0.15) is 22.5 Å². The molecule has 2 atom stereocenters. The zero-order chi connectivity index (χ0) is 20.7. The molecule has 4 rings (SSSR count). The molecule has 1 amide bonds. The number of hydrogen-bond donors (Lipinski definition) is 1. The number of aryl methyl sites for hydroxylation is 1. The van der Waals surface area contributed by atoms with Gasteiger partial charge in [-0.05, 0) is 48.8 Å². The number of nitrogens with zero attached hydrogens (tertiary/aromatic N) is 2. The van der Waals surface area contributed by atoms with E-state index in [1.807, 2.05) is 6.92 Å². The van der Waals surface area contributed by atoms with E-state index in [4.69, 9.17) is 10.7 Å². The van der Waals surface area contributed by atoms with E-state index in [2.05, 4.69) is 6.92 Å². The fourth-order valence-corrected chi connectivity index (χ4v) is 5.61. The largest absolute Gasteiger partial charge is 0.368 e. The van der Waals surface area contributed by atoms with Crippen molar-refractivity contribution in [2.75, 3.05) is 0 Å². The van der Waals surface area contributed by atoms with Crippen LogP contribution in [0, 0.1) is 11.7 Å². The molecular weight excluding hydrogens is 389 g/mol. The average Bonchev–Trinajstić information content (AvgIpc) is 3.03. The maximum absolute atomic E-state index is 14.3. The van der Waals surface area contributed by atoms with Gasteiger partial charge in [-0.15, -0.1) is 11.3 Å². The third-order valence-corrected chi connectivity index (χ3v) is 6.92. The molecule has 2 N–H and O–H groups in total. The van der Waals surface area contributed by atoms with Crippen LogP contribution in [0.1, 0.15) is 54.6 Å². The highest BCUT2D eigenvalue weighted by Crippen LogP contribution is 2.36. The third kappa shape index (κ3) is 3.48. The topological polar surface area (TPSA) is 78.0 Å². The van der Waals surface area contributed by atoms with Gasteiger partial charge in [0.2, 0.25) is 5.91 Å². The number of thiophene rings is 1. The van der Waals surface area contributed by atoms with Gasteiger partial charge in [0.15, 0.2) is 0 Å². The number of carbonyl (C=O) groups excluding carboxylic acids is 1. The van der Waals surface area contributed by atoms with Crippen molar-refractivity contribution in [2.24, 2.45) is 11.7 Å². The second-order valence-electron chi connectivity index (χ2n) is 7.83. The van der Waals surface area contributed by atoms with Crippen LogP contribution in [0.15, 0.2) is 29.1 Å². The minimum absolute atomic E-state index is 0.126. The highest BCUT2D eigenvalue weighted by molar-refractivity contribution is 7.18. The van der Waals surface area contributed by atoms with Crippen molar-refractivity contribution < 1.29 is 9.18 Å². The molecule has 0 saturated carbocycles. The fraction of sp³-hybridized carbons (Fsp3) is 0.409. The first kappa shape index (κ1) is 19.8. The van der Waals surface area contributed by atoms with Crippen molar-refractivity contribution >= 4 is 27.5 Å². The van der Waals surface area contributed by atoms with E-state index in [9.17, 15) is 14.0 Å². The van der Waals surface area contributed by atoms with Crippen LogP contribution in [0.3, 0.4) is 0 Å². The molecule has 0 fully saturated rings. The van der Waals surface area contributed by atoms with Gasteiger partial charge in [-0.25, -0.2) is 9.37 Å². The smallest absolute Gasteiger partial charge is 0.263 e. The maximum atomic E-state index is 14.3. The first-order valence-corrected chi connectivity index (χ1v) is 10.8. The summed E-state index contributed by atoms with van der Waals surface area (Å²) in [5.74, 6) is 0.0117. The minimum Gasteiger partial charge on any atom is -0.368 e. The first-order valence-electron chi connectivity index (χ1n) is 9.99. The summed E-state index contributed by atoms with van der Waals surface area (Å²) in [6.45, 7) is 4.02. The van der Waals surface area contributed by atoms with Gasteiger partial charge in [-0.2, -0.15) is 0 Å². The molecule has 1 aliphatic rings. The number of halogens is 1. The zero-order valence-electron chi connectivity index (χ0n) is 16.6. The number of rotatable bonds is 5. The van der Waals surface area contributed by atoms with Crippen molar-refractivity contribution in [1.29, 1.82) is 0 Å². The summed E-state index contributed by atoms with van der Waals surface area (Å²) in [5, 5.41) is 0.605. The normalized spacial score (nSPS) is 17.3. The van der Waals surface area contributed by atoms with Crippen molar-refractivity contribution in [1.82, 2.24) is 9.55 Å². The molecule has 0 radical (unpaired) electrons. The summed E-state index contributed by atoms with van der Waals surface area (Å²) in [4.78, 5) is 32.3. The van der Waals surface area contributed by atoms with Crippen LogP contribution in [0.2, 0.25) is 0 Å². The molecule has 152 valence electrons. The van der Waals surface area contributed by atoms with E-state index >= 15 is 0 Å². The van der Waals surface area contributed by atoms with Crippen molar-refractivity contribution in [3.8, 4) is 0 Å². The van der Waals surface area contributed by atoms with E-state index in [1.54, 1.807) is 29.5 Å². The van der Waals surface area contributed by atoms with Gasteiger partial charge < -0.3 is 5.73 Å². The number of fused-ring (bicyclic) bond motifs is 3. The van der Waals surface area contributed by atoms with Crippen LogP contribution in [0.25, 0.3) is 10.2 Å². The Hall–Kier alpha value is -2.54. The van der Waals surface area contributed by atoms with Gasteiger partial charge in [0, 0.05) is 11.3 Å². The molecule has 0 bridgehead atoms. The van der Waals surface area contributed by atoms with Crippen molar-refractivity contribution in [2.45, 2.75) is 52.0 Å². The summed E-state index contributed by atoms with van der Waals surface area (Å²) in [5.41, 5.74) is 6.87. The molecule has 0 saturated heterocycles. The van der Waals surface area contributed by atoms with E-state index in [1.165, 1.54) is 15.5 Å². The lowest BCUT2D eigenvalue weighted by Gasteiger charge is -2.20. The molecule has 29 heavy (non-hydrogen) atoms. The number of amides is 1. The summed E-state index contributed by atoms with van der Waals surface area (Å²) in [7, 11) is 0. The molecule has 2 heterocycles. The number of aromatic nitrogens is 2. The average molecular weight is 414 g/mol. The Labute approximate surface area is 172 Å². The molecular formula is C22H24FN3O2S. The Bertz CT molecular complexity index is 1150. The molecule has 2 unspecified atom stereocenters. The third-order valence-electron chi connectivity index (χ3n) is 5.77. The molecule has 7 heteroatoms. The van der Waals surface area contributed by atoms with Crippen LogP contribution >= 0.6 is 11.3 Å². The first-order chi connectivity index (χ1) is 13.9. The second-order valence-corrected chi connectivity index (χ2v) is 8.91. The Morgan fingerprint density at radius 1 is 1.41 bits per heavy atom. The van der Waals surface area contributed by atoms with Gasteiger partial charge in [0.25, 0.3) is 5.56 Å². The van der Waals surface area contributed by atoms with Crippen LogP contribution in [-0.2, 0) is 24.1 Å². The number of carbonyl (C=O) groups is 1. The second kappa shape index (κ2) is 7.71. The maximum Gasteiger partial charge on any atom is 0.263 e. The van der Waals surface area contributed by atoms with Gasteiger partial charge in [0.05, 0.1) is 5.39 Å². The standard InChI is InChI=1S/C22H24FN3O2S/c1-3-16(20(24)27)26-18(11-13-6-4-5-7-15(13)23)25-21-19(22(26)28)14-9-8-12(2)10-17(14)29-21/h4-7,12,16H,3,8-11H2,1-2H3,(H2,24,27). The van der Waals surface area contributed by atoms with Gasteiger partial charge in [-0.3, -0.25) is 14.2 Å². The summed E-state index contributed by atoms with van der Waals surface area (Å²) >= 11 is 1.55. The van der Waals surface area contributed by atoms with E-state index < -0.39 is 11.9 Å². The van der Waals surface area contributed by atoms with E-state index in [0.717, 1.165) is 24.8 Å². The minimum atomic E-state index is -0.806. The van der Waals surface area contributed by atoms with Gasteiger partial charge >= 0.3 is 0 Å². The predicted octanol–water partition coefficient (Wildman–Crippen LogP) is 3.75. The lowest BCUT2D eigenvalue weighted by Crippen LogP contribution is -2.36. The molecule has 5 nitrogen and oxygen atoms in total. The highest BCUT2D eigenvalue weighted by Gasteiger charge is 2.28. The summed E-state index contributed by atoms with van der Waals surface area (Å²) in [6, 6.07) is 5.61. The Kier molecular flexibility index (Phi) is 5.25. The van der Waals surface area contributed by atoms with Crippen molar-refractivity contribution in [3.05, 3.63) is 62.3 Å². The van der Waals surface area contributed by atoms with E-state index in [0.29, 0.717) is 33.9 Å². The van der Waals surface area contributed by atoms with Crippen LogP contribution < -0.4 is 11.3 Å². The summed E-state index contributed by atoms with van der Waals surface area (Å²) < 4.78 is 15.7. The van der Waals surface area contributed by atoms with Crippen LogP contribution in [0.5, 0.6) is 0 Å². The van der Waals surface area contributed by atoms with Crippen LogP contribution in [0.4, 0.5) is 4.39 Å². The predicted molar refractivity (Wildman–Crippen MR) is 113 cm³/mol. The van der Waals surface area contributed by atoms with Crippen LogP contribution in [-0.4, -0.2) is 15.5 Å². The fourth-order valence-electron chi connectivity index (χ4n) is 4.21. The molecule has 0 spiro atoms. The Morgan fingerprint density at radius 3 is 2.86 bits per heavy atom. The Morgan fingerprint density at radius 2 is 2.17 bits per heavy atom. The molecule has 3 aromatic rings. The molecule has 0 aliphatic heterocycles. The number of nitrogens with two attached hydrogens (primary N) is 1.